The summed E-state index contributed by atoms with van der Waals surface area (Å²) in [4.78, 5) is 0. The molecule has 2 aliphatic rings. The summed E-state index contributed by atoms with van der Waals surface area (Å²) in [7, 11) is -2.96. The van der Waals surface area contributed by atoms with Crippen molar-refractivity contribution in [2.75, 3.05) is 24.7 Å². The van der Waals surface area contributed by atoms with Crippen molar-refractivity contribution in [1.82, 2.24) is 0 Å². The van der Waals surface area contributed by atoms with Crippen LogP contribution in [0.4, 0.5) is 0 Å². The van der Waals surface area contributed by atoms with Gasteiger partial charge in [-0.3, -0.25) is 0 Å². The maximum Gasteiger partial charge on any atom is 0.150 e. The normalized spacial score (nSPS) is 27.3. The molecule has 0 radical (unpaired) electrons. The molecule has 0 saturated carbocycles. The van der Waals surface area contributed by atoms with E-state index >= 15 is 0 Å². The largest absolute Gasteiger partial charge is 0.493 e. The van der Waals surface area contributed by atoms with Crippen molar-refractivity contribution in [3.8, 4) is 5.75 Å². The monoisotopic (exact) mass is 315 g/mol. The van der Waals surface area contributed by atoms with E-state index in [1.807, 2.05) is 12.1 Å². The van der Waals surface area contributed by atoms with Gasteiger partial charge in [0.05, 0.1) is 18.1 Å². The molecule has 2 N–H and O–H groups in total. The molecule has 3 rings (SSSR count). The molecule has 1 unspecified atom stereocenters. The number of ether oxygens (including phenoxy) is 1. The number of fused-ring (bicyclic) bond motifs is 1. The van der Waals surface area contributed by atoms with Gasteiger partial charge in [0.2, 0.25) is 0 Å². The Labute approximate surface area is 124 Å². The van der Waals surface area contributed by atoms with Gasteiger partial charge in [-0.2, -0.15) is 0 Å². The quantitative estimate of drug-likeness (QED) is 0.919. The second-order valence-corrected chi connectivity index (χ2v) is 8.50. The van der Waals surface area contributed by atoms with Crippen LogP contribution in [0.3, 0.4) is 0 Å². The van der Waals surface area contributed by atoms with E-state index in [1.165, 1.54) is 0 Å². The van der Waals surface area contributed by atoms with Gasteiger partial charge in [-0.15, -0.1) is 0 Å². The lowest BCUT2D eigenvalue weighted by atomic mass is 9.81. The fourth-order valence-electron chi connectivity index (χ4n) is 3.24. The molecule has 2 aliphatic heterocycles. The smallest absolute Gasteiger partial charge is 0.150 e. The number of nitrogens with two attached hydrogens (primary N) is 1. The maximum atomic E-state index is 11.8. The molecule has 1 aromatic rings. The molecule has 1 atom stereocenters. The zero-order valence-electron chi connectivity index (χ0n) is 11.2. The zero-order chi connectivity index (χ0) is 14.4. The third-order valence-electron chi connectivity index (χ3n) is 4.29. The molecule has 0 amide bonds. The fourth-order valence-corrected chi connectivity index (χ4v) is 5.69. The number of hydrogen-bond donors (Lipinski definition) is 1. The minimum atomic E-state index is -2.96. The van der Waals surface area contributed by atoms with Gasteiger partial charge < -0.3 is 10.5 Å². The van der Waals surface area contributed by atoms with Gasteiger partial charge in [0.1, 0.15) is 5.75 Å². The van der Waals surface area contributed by atoms with E-state index < -0.39 is 9.84 Å². The molecule has 0 aromatic heterocycles. The zero-order valence-corrected chi connectivity index (χ0v) is 12.8. The summed E-state index contributed by atoms with van der Waals surface area (Å²) in [6.07, 6.45) is 2.09. The van der Waals surface area contributed by atoms with E-state index in [2.05, 4.69) is 0 Å². The molecule has 4 nitrogen and oxygen atoms in total. The van der Waals surface area contributed by atoms with Crippen LogP contribution in [0.25, 0.3) is 0 Å². The molecule has 1 aromatic carbocycles. The van der Waals surface area contributed by atoms with E-state index in [-0.39, 0.29) is 16.9 Å². The van der Waals surface area contributed by atoms with Gasteiger partial charge in [-0.1, -0.05) is 11.6 Å². The second kappa shape index (κ2) is 4.90. The molecular weight excluding hydrogens is 298 g/mol. The molecule has 1 fully saturated rings. The Bertz CT molecular complexity index is 644. The predicted molar refractivity (Wildman–Crippen MR) is 79.1 cm³/mol. The third-order valence-corrected chi connectivity index (χ3v) is 6.39. The summed E-state index contributed by atoms with van der Waals surface area (Å²) in [5.74, 6) is 1.28. The second-order valence-electron chi connectivity index (χ2n) is 5.87. The molecule has 0 spiro atoms. The highest BCUT2D eigenvalue weighted by Crippen LogP contribution is 2.40. The van der Waals surface area contributed by atoms with E-state index in [0.29, 0.717) is 31.0 Å². The first-order valence-corrected chi connectivity index (χ1v) is 8.98. The van der Waals surface area contributed by atoms with Crippen molar-refractivity contribution < 1.29 is 13.2 Å². The number of hydrogen-bond acceptors (Lipinski definition) is 4. The van der Waals surface area contributed by atoms with Crippen LogP contribution >= 0.6 is 11.6 Å². The molecule has 6 heteroatoms. The SMILES string of the molecule is NCC1(Cc2cc(Cl)cc3c2OCC3)CCS(=O)(=O)C1. The van der Waals surface area contributed by atoms with E-state index in [1.54, 1.807) is 0 Å². The average molecular weight is 316 g/mol. The number of rotatable bonds is 3. The Kier molecular flexibility index (Phi) is 3.47. The maximum absolute atomic E-state index is 11.8. The summed E-state index contributed by atoms with van der Waals surface area (Å²) >= 11 is 6.15. The molecular formula is C14H18ClNO3S. The van der Waals surface area contributed by atoms with Crippen LogP contribution in [0, 0.1) is 5.41 Å². The van der Waals surface area contributed by atoms with Crippen LogP contribution in [0.2, 0.25) is 5.02 Å². The first-order chi connectivity index (χ1) is 9.43. The predicted octanol–water partition coefficient (Wildman–Crippen LogP) is 1.58. The minimum absolute atomic E-state index is 0.164. The number of halogens is 1. The molecule has 2 heterocycles. The highest BCUT2D eigenvalue weighted by molar-refractivity contribution is 7.91. The highest BCUT2D eigenvalue weighted by Gasteiger charge is 2.42. The topological polar surface area (TPSA) is 69.4 Å². The first kappa shape index (κ1) is 14.2. The van der Waals surface area contributed by atoms with E-state index in [0.717, 1.165) is 23.3 Å². The van der Waals surface area contributed by atoms with Crippen LogP contribution < -0.4 is 10.5 Å². The summed E-state index contributed by atoms with van der Waals surface area (Å²) in [6, 6.07) is 3.81. The lowest BCUT2D eigenvalue weighted by Gasteiger charge is -2.26. The van der Waals surface area contributed by atoms with Gasteiger partial charge in [-0.05, 0) is 42.6 Å². The lowest BCUT2D eigenvalue weighted by Crippen LogP contribution is -2.34. The number of sulfone groups is 1. The average Bonchev–Trinajstić information content (AvgIpc) is 2.94. The van der Waals surface area contributed by atoms with Crippen molar-refractivity contribution in [2.45, 2.75) is 19.3 Å². The molecule has 0 bridgehead atoms. The van der Waals surface area contributed by atoms with Crippen LogP contribution in [0.1, 0.15) is 17.5 Å². The van der Waals surface area contributed by atoms with Crippen LogP contribution in [-0.4, -0.2) is 33.1 Å². The lowest BCUT2D eigenvalue weighted by molar-refractivity contribution is 0.323. The van der Waals surface area contributed by atoms with Crippen molar-refractivity contribution in [3.05, 3.63) is 28.3 Å². The number of benzene rings is 1. The Morgan fingerprint density at radius 2 is 2.20 bits per heavy atom. The highest BCUT2D eigenvalue weighted by atomic mass is 35.5. The third kappa shape index (κ3) is 2.54. The van der Waals surface area contributed by atoms with Crippen LogP contribution in [0.5, 0.6) is 5.75 Å². The van der Waals surface area contributed by atoms with Crippen LogP contribution in [0.15, 0.2) is 12.1 Å². The van der Waals surface area contributed by atoms with Gasteiger partial charge in [0, 0.05) is 16.9 Å². The van der Waals surface area contributed by atoms with E-state index in [4.69, 9.17) is 22.1 Å². The molecule has 20 heavy (non-hydrogen) atoms. The van der Waals surface area contributed by atoms with Crippen LogP contribution in [-0.2, 0) is 22.7 Å². The Morgan fingerprint density at radius 3 is 2.85 bits per heavy atom. The molecule has 0 aliphatic carbocycles. The van der Waals surface area contributed by atoms with Crippen molar-refractivity contribution >= 4 is 21.4 Å². The Balaban J connectivity index is 1.95. The standard InChI is InChI=1S/C14H18ClNO3S/c15-12-5-10-1-3-19-13(10)11(6-12)7-14(8-16)2-4-20(17,18)9-14/h5-6H,1-4,7-9,16H2. The van der Waals surface area contributed by atoms with Crippen molar-refractivity contribution in [3.63, 3.8) is 0 Å². The minimum Gasteiger partial charge on any atom is -0.493 e. The Hall–Kier alpha value is -0.780. The first-order valence-electron chi connectivity index (χ1n) is 6.78. The van der Waals surface area contributed by atoms with E-state index in [9.17, 15) is 8.42 Å². The fraction of sp³-hybridized carbons (Fsp3) is 0.571. The summed E-state index contributed by atoms with van der Waals surface area (Å²) in [6.45, 7) is 1.03. The van der Waals surface area contributed by atoms with Crippen molar-refractivity contribution in [2.24, 2.45) is 11.1 Å². The van der Waals surface area contributed by atoms with Gasteiger partial charge in [-0.25, -0.2) is 8.42 Å². The summed E-state index contributed by atoms with van der Waals surface area (Å²) in [5, 5.41) is 0.678. The molecule has 1 saturated heterocycles. The molecule has 110 valence electrons. The summed E-state index contributed by atoms with van der Waals surface area (Å²) in [5.41, 5.74) is 7.62. The van der Waals surface area contributed by atoms with Gasteiger partial charge in [0.15, 0.2) is 9.84 Å². The summed E-state index contributed by atoms with van der Waals surface area (Å²) < 4.78 is 29.3. The van der Waals surface area contributed by atoms with Gasteiger partial charge in [0.25, 0.3) is 0 Å². The van der Waals surface area contributed by atoms with Crippen molar-refractivity contribution in [1.29, 1.82) is 0 Å². The van der Waals surface area contributed by atoms with Gasteiger partial charge >= 0.3 is 0 Å². The Morgan fingerprint density at radius 1 is 1.40 bits per heavy atom.